The van der Waals surface area contributed by atoms with Gasteiger partial charge in [-0.05, 0) is 69.1 Å². The van der Waals surface area contributed by atoms with E-state index in [0.717, 1.165) is 50.4 Å². The van der Waals surface area contributed by atoms with E-state index in [2.05, 4.69) is 38.8 Å². The number of ether oxygens (including phenoxy) is 2. The smallest absolute Gasteiger partial charge is 0.341 e. The SMILES string of the molecule is COc1ccc(Cl)c(OC[C@H]2CC3(CC3)CN2c2cc3c(cc2Cl)c(=O)c(C(=O)O)cn3-c2ccc(N3CC(N(C)C)C3)nc2)n1. The second kappa shape index (κ2) is 11.6. The van der Waals surface area contributed by atoms with Crippen LogP contribution in [0, 0.1) is 5.41 Å². The summed E-state index contributed by atoms with van der Waals surface area (Å²) in [6, 6.07) is 11.1. The van der Waals surface area contributed by atoms with Gasteiger partial charge in [-0.15, -0.1) is 0 Å². The summed E-state index contributed by atoms with van der Waals surface area (Å²) in [5, 5.41) is 10.9. The minimum Gasteiger partial charge on any atom is -0.481 e. The van der Waals surface area contributed by atoms with E-state index in [1.54, 1.807) is 29.0 Å². The molecule has 3 aliphatic rings. The molecular formula is C33H34Cl2N6O5. The van der Waals surface area contributed by atoms with Gasteiger partial charge in [0.25, 0.3) is 0 Å². The molecule has 46 heavy (non-hydrogen) atoms. The van der Waals surface area contributed by atoms with E-state index in [-0.39, 0.29) is 22.4 Å². The highest BCUT2D eigenvalue weighted by Crippen LogP contribution is 2.56. The van der Waals surface area contributed by atoms with Crippen molar-refractivity contribution in [2.75, 3.05) is 57.2 Å². The van der Waals surface area contributed by atoms with E-state index in [1.807, 2.05) is 18.2 Å². The lowest BCUT2D eigenvalue weighted by molar-refractivity contribution is 0.0695. The van der Waals surface area contributed by atoms with Gasteiger partial charge in [-0.3, -0.25) is 4.79 Å². The number of pyridine rings is 3. The molecule has 1 aliphatic carbocycles. The maximum atomic E-state index is 13.4. The van der Waals surface area contributed by atoms with Crippen LogP contribution in [0.5, 0.6) is 11.8 Å². The van der Waals surface area contributed by atoms with Gasteiger partial charge in [-0.1, -0.05) is 23.2 Å². The lowest BCUT2D eigenvalue weighted by atomic mass is 10.0. The van der Waals surface area contributed by atoms with Crippen LogP contribution in [0.1, 0.15) is 29.6 Å². The first-order valence-electron chi connectivity index (χ1n) is 15.2. The van der Waals surface area contributed by atoms with Gasteiger partial charge in [-0.2, -0.15) is 4.98 Å². The zero-order valence-corrected chi connectivity index (χ0v) is 27.3. The van der Waals surface area contributed by atoms with E-state index < -0.39 is 11.4 Å². The van der Waals surface area contributed by atoms with Crippen LogP contribution < -0.4 is 24.7 Å². The first-order chi connectivity index (χ1) is 22.1. The molecule has 4 aromatic rings. The number of anilines is 2. The van der Waals surface area contributed by atoms with Crippen LogP contribution in [0.25, 0.3) is 16.6 Å². The first-order valence-corrected chi connectivity index (χ1v) is 15.9. The molecule has 1 atom stereocenters. The van der Waals surface area contributed by atoms with Gasteiger partial charge >= 0.3 is 5.97 Å². The maximum Gasteiger partial charge on any atom is 0.341 e. The van der Waals surface area contributed by atoms with Crippen molar-refractivity contribution in [3.63, 3.8) is 0 Å². The van der Waals surface area contributed by atoms with Gasteiger partial charge in [0.2, 0.25) is 17.2 Å². The van der Waals surface area contributed by atoms with Gasteiger partial charge in [0.15, 0.2) is 0 Å². The molecule has 3 fully saturated rings. The number of hydrogen-bond donors (Lipinski definition) is 1. The van der Waals surface area contributed by atoms with Gasteiger partial charge in [0, 0.05) is 43.3 Å². The highest BCUT2D eigenvalue weighted by Gasteiger charge is 2.52. The fraction of sp³-hybridized carbons (Fsp3) is 0.394. The molecule has 1 spiro atoms. The fourth-order valence-electron chi connectivity index (χ4n) is 6.53. The third kappa shape index (κ3) is 5.50. The molecule has 240 valence electrons. The molecule has 0 bridgehead atoms. The molecule has 5 heterocycles. The number of fused-ring (bicyclic) bond motifs is 1. The monoisotopic (exact) mass is 664 g/mol. The number of carboxylic acid groups (broad SMARTS) is 1. The predicted molar refractivity (Wildman–Crippen MR) is 178 cm³/mol. The van der Waals surface area contributed by atoms with Crippen molar-refractivity contribution >= 4 is 51.6 Å². The van der Waals surface area contributed by atoms with Gasteiger partial charge < -0.3 is 33.8 Å². The minimum atomic E-state index is -1.31. The molecule has 2 saturated heterocycles. The van der Waals surface area contributed by atoms with Gasteiger partial charge in [-0.25, -0.2) is 9.78 Å². The van der Waals surface area contributed by atoms with E-state index in [9.17, 15) is 14.7 Å². The third-order valence-corrected chi connectivity index (χ3v) is 10.1. The Bertz CT molecular complexity index is 1890. The van der Waals surface area contributed by atoms with Crippen molar-refractivity contribution in [3.05, 3.63) is 74.6 Å². The molecule has 13 heteroatoms. The lowest BCUT2D eigenvalue weighted by Crippen LogP contribution is -2.57. The quantitative estimate of drug-likeness (QED) is 0.263. The summed E-state index contributed by atoms with van der Waals surface area (Å²) >= 11 is 13.3. The van der Waals surface area contributed by atoms with Crippen LogP contribution in [0.2, 0.25) is 10.0 Å². The molecule has 7 rings (SSSR count). The molecule has 0 radical (unpaired) electrons. The minimum absolute atomic E-state index is 0.0385. The first kappa shape index (κ1) is 30.6. The van der Waals surface area contributed by atoms with Crippen LogP contribution >= 0.6 is 23.2 Å². The van der Waals surface area contributed by atoms with Crippen molar-refractivity contribution in [3.8, 4) is 17.4 Å². The highest BCUT2D eigenvalue weighted by atomic mass is 35.5. The van der Waals surface area contributed by atoms with Crippen molar-refractivity contribution < 1.29 is 19.4 Å². The number of benzene rings is 1. The van der Waals surface area contributed by atoms with Gasteiger partial charge in [0.05, 0.1) is 41.3 Å². The Hall–Kier alpha value is -4.06. The predicted octanol–water partition coefficient (Wildman–Crippen LogP) is 4.98. The molecule has 0 unspecified atom stereocenters. The van der Waals surface area contributed by atoms with Gasteiger partial charge in [0.1, 0.15) is 23.0 Å². The largest absolute Gasteiger partial charge is 0.481 e. The average molecular weight is 666 g/mol. The number of aromatic carboxylic acids is 1. The molecule has 0 amide bonds. The van der Waals surface area contributed by atoms with Crippen LogP contribution in [-0.4, -0.2) is 90.0 Å². The van der Waals surface area contributed by atoms with Crippen molar-refractivity contribution in [2.24, 2.45) is 5.41 Å². The van der Waals surface area contributed by atoms with Crippen LogP contribution in [0.3, 0.4) is 0 Å². The highest BCUT2D eigenvalue weighted by molar-refractivity contribution is 6.34. The molecule has 3 aromatic heterocycles. The van der Waals surface area contributed by atoms with E-state index >= 15 is 0 Å². The summed E-state index contributed by atoms with van der Waals surface area (Å²) in [6.45, 7) is 2.86. The number of rotatable bonds is 9. The van der Waals surface area contributed by atoms with Crippen molar-refractivity contribution in [2.45, 2.75) is 31.3 Å². The van der Waals surface area contributed by atoms with Crippen LogP contribution in [0.15, 0.2) is 53.6 Å². The Balaban J connectivity index is 1.25. The second-order valence-corrected chi connectivity index (χ2v) is 13.5. The fourth-order valence-corrected chi connectivity index (χ4v) is 6.96. The molecule has 1 saturated carbocycles. The zero-order valence-electron chi connectivity index (χ0n) is 25.7. The average Bonchev–Trinajstić information content (AvgIpc) is 3.67. The van der Waals surface area contributed by atoms with Crippen molar-refractivity contribution in [1.29, 1.82) is 0 Å². The second-order valence-electron chi connectivity index (χ2n) is 12.7. The molecule has 1 N–H and O–H groups in total. The Morgan fingerprint density at radius 2 is 1.91 bits per heavy atom. The Kier molecular flexibility index (Phi) is 7.73. The van der Waals surface area contributed by atoms with E-state index in [1.165, 1.54) is 13.3 Å². The van der Waals surface area contributed by atoms with Crippen molar-refractivity contribution in [1.82, 2.24) is 19.4 Å². The summed E-state index contributed by atoms with van der Waals surface area (Å²) in [5.41, 5.74) is 1.15. The lowest BCUT2D eigenvalue weighted by Gasteiger charge is -2.43. The number of methoxy groups -OCH3 is 1. The summed E-state index contributed by atoms with van der Waals surface area (Å²) < 4.78 is 13.1. The Morgan fingerprint density at radius 3 is 2.57 bits per heavy atom. The van der Waals surface area contributed by atoms with E-state index in [4.69, 9.17) is 32.7 Å². The number of carbonyl (C=O) groups is 1. The van der Waals surface area contributed by atoms with Crippen LogP contribution in [0.4, 0.5) is 11.5 Å². The summed E-state index contributed by atoms with van der Waals surface area (Å²) in [7, 11) is 5.67. The molecule has 11 nitrogen and oxygen atoms in total. The van der Waals surface area contributed by atoms with E-state index in [0.29, 0.717) is 45.7 Å². The molecule has 1 aromatic carbocycles. The molecular weight excluding hydrogens is 631 g/mol. The zero-order chi connectivity index (χ0) is 32.3. The number of likely N-dealkylation sites (N-methyl/N-ethyl adjacent to an activating group) is 1. The number of aromatic nitrogens is 3. The number of nitrogens with zero attached hydrogens (tertiary/aromatic N) is 6. The number of carboxylic acids is 1. The number of halogens is 2. The van der Waals surface area contributed by atoms with Crippen LogP contribution in [-0.2, 0) is 0 Å². The summed E-state index contributed by atoms with van der Waals surface area (Å²) in [5.74, 6) is 0.235. The normalized spacial score (nSPS) is 18.8. The number of hydrogen-bond acceptors (Lipinski definition) is 9. The molecule has 2 aliphatic heterocycles. The standard InChI is InChI=1S/C33H34Cl2N6O5/c1-38(2)21-14-39(15-21)28-6-4-19(13-36-28)40-16-23(32(43)44)30(42)22-10-25(35)27(11-26(22)40)41-18-33(8-9-33)12-20(41)17-46-31-24(34)5-7-29(37-31)45-3/h4-7,10-11,13,16,20-21H,8-9,12,14-15,17-18H2,1-3H3,(H,43,44)/t20-/m1/s1. The topological polar surface area (TPSA) is 113 Å². The third-order valence-electron chi connectivity index (χ3n) is 9.52. The Morgan fingerprint density at radius 1 is 1.13 bits per heavy atom. The Labute approximate surface area is 275 Å². The summed E-state index contributed by atoms with van der Waals surface area (Å²) in [6.07, 6.45) is 6.21. The maximum absolute atomic E-state index is 13.4. The summed E-state index contributed by atoms with van der Waals surface area (Å²) in [4.78, 5) is 41.2.